The Morgan fingerprint density at radius 3 is 2.78 bits per heavy atom. The number of nitrogens with zero attached hydrogens (tertiary/aromatic N) is 2. The standard InChI is InChI=1S/C14H21N3O/c1-5-14-10(2)16-17(11(14)3)8-13-6-12(7-15-4)9-18-13/h6,9,15H,5,7-8H2,1-4H3. The van der Waals surface area contributed by atoms with Crippen LogP contribution in [0, 0.1) is 13.8 Å². The molecule has 0 saturated carbocycles. The van der Waals surface area contributed by atoms with Crippen LogP contribution < -0.4 is 5.32 Å². The van der Waals surface area contributed by atoms with E-state index in [9.17, 15) is 0 Å². The lowest BCUT2D eigenvalue weighted by atomic mass is 10.1. The molecule has 0 aliphatic rings. The second-order valence-electron chi connectivity index (χ2n) is 4.61. The van der Waals surface area contributed by atoms with Crippen LogP contribution in [-0.4, -0.2) is 16.8 Å². The molecule has 1 N–H and O–H groups in total. The van der Waals surface area contributed by atoms with E-state index < -0.39 is 0 Å². The summed E-state index contributed by atoms with van der Waals surface area (Å²) >= 11 is 0. The van der Waals surface area contributed by atoms with Gasteiger partial charge in [0.05, 0.1) is 18.5 Å². The summed E-state index contributed by atoms with van der Waals surface area (Å²) in [6.45, 7) is 7.89. The lowest BCUT2D eigenvalue weighted by Crippen LogP contribution is -2.05. The zero-order valence-electron chi connectivity index (χ0n) is 11.6. The lowest BCUT2D eigenvalue weighted by molar-refractivity contribution is 0.474. The molecule has 2 aromatic heterocycles. The Morgan fingerprint density at radius 1 is 1.39 bits per heavy atom. The fourth-order valence-corrected chi connectivity index (χ4v) is 2.35. The molecule has 2 rings (SSSR count). The second kappa shape index (κ2) is 5.40. The first-order valence-electron chi connectivity index (χ1n) is 6.39. The smallest absolute Gasteiger partial charge is 0.125 e. The molecule has 4 nitrogen and oxygen atoms in total. The van der Waals surface area contributed by atoms with Gasteiger partial charge >= 0.3 is 0 Å². The maximum Gasteiger partial charge on any atom is 0.125 e. The number of aryl methyl sites for hydroxylation is 1. The zero-order chi connectivity index (χ0) is 13.1. The fraction of sp³-hybridized carbons (Fsp3) is 0.500. The minimum Gasteiger partial charge on any atom is -0.467 e. The highest BCUT2D eigenvalue weighted by Crippen LogP contribution is 2.16. The maximum atomic E-state index is 5.56. The zero-order valence-corrected chi connectivity index (χ0v) is 11.6. The molecular weight excluding hydrogens is 226 g/mol. The molecule has 0 saturated heterocycles. The quantitative estimate of drug-likeness (QED) is 0.882. The van der Waals surface area contributed by atoms with Crippen LogP contribution in [0.15, 0.2) is 16.7 Å². The van der Waals surface area contributed by atoms with Crippen LogP contribution in [0.4, 0.5) is 0 Å². The minimum absolute atomic E-state index is 0.705. The van der Waals surface area contributed by atoms with Crippen molar-refractivity contribution in [1.29, 1.82) is 0 Å². The predicted molar refractivity (Wildman–Crippen MR) is 71.7 cm³/mol. The molecular formula is C14H21N3O. The summed E-state index contributed by atoms with van der Waals surface area (Å²) in [6.07, 6.45) is 2.83. The van der Waals surface area contributed by atoms with Crippen molar-refractivity contribution < 1.29 is 4.42 Å². The third-order valence-electron chi connectivity index (χ3n) is 3.28. The van der Waals surface area contributed by atoms with Crippen molar-refractivity contribution in [1.82, 2.24) is 15.1 Å². The molecule has 0 amide bonds. The normalized spacial score (nSPS) is 11.1. The average Bonchev–Trinajstić information content (AvgIpc) is 2.87. The molecule has 18 heavy (non-hydrogen) atoms. The van der Waals surface area contributed by atoms with E-state index in [1.807, 2.05) is 11.7 Å². The highest BCUT2D eigenvalue weighted by molar-refractivity contribution is 5.25. The van der Waals surface area contributed by atoms with Gasteiger partial charge in [-0.25, -0.2) is 0 Å². The van der Waals surface area contributed by atoms with Gasteiger partial charge in [-0.3, -0.25) is 4.68 Å². The summed E-state index contributed by atoms with van der Waals surface area (Å²) < 4.78 is 7.58. The molecule has 0 radical (unpaired) electrons. The Morgan fingerprint density at radius 2 is 2.17 bits per heavy atom. The molecule has 0 bridgehead atoms. The van der Waals surface area contributed by atoms with Crippen LogP contribution >= 0.6 is 0 Å². The molecule has 4 heteroatoms. The van der Waals surface area contributed by atoms with Crippen molar-refractivity contribution in [2.45, 2.75) is 40.3 Å². The topological polar surface area (TPSA) is 43.0 Å². The van der Waals surface area contributed by atoms with Gasteiger partial charge < -0.3 is 9.73 Å². The van der Waals surface area contributed by atoms with Gasteiger partial charge in [0.25, 0.3) is 0 Å². The van der Waals surface area contributed by atoms with Crippen LogP contribution in [0.25, 0.3) is 0 Å². The highest BCUT2D eigenvalue weighted by atomic mass is 16.3. The van der Waals surface area contributed by atoms with Gasteiger partial charge in [0, 0.05) is 17.8 Å². The summed E-state index contributed by atoms with van der Waals surface area (Å²) in [5, 5.41) is 7.69. The van der Waals surface area contributed by atoms with Crippen LogP contribution in [0.5, 0.6) is 0 Å². The molecule has 0 aromatic carbocycles. The fourth-order valence-electron chi connectivity index (χ4n) is 2.35. The largest absolute Gasteiger partial charge is 0.467 e. The molecule has 0 unspecified atom stereocenters. The molecule has 98 valence electrons. The van der Waals surface area contributed by atoms with Crippen molar-refractivity contribution in [2.24, 2.45) is 0 Å². The van der Waals surface area contributed by atoms with Crippen LogP contribution in [0.1, 0.15) is 35.2 Å². The number of rotatable bonds is 5. The summed E-state index contributed by atoms with van der Waals surface area (Å²) in [7, 11) is 1.93. The first kappa shape index (κ1) is 12.9. The molecule has 2 heterocycles. The Hall–Kier alpha value is -1.55. The monoisotopic (exact) mass is 247 g/mol. The number of nitrogens with one attached hydrogen (secondary N) is 1. The summed E-state index contributed by atoms with van der Waals surface area (Å²) in [6, 6.07) is 2.08. The lowest BCUT2D eigenvalue weighted by Gasteiger charge is -2.02. The van der Waals surface area contributed by atoms with Gasteiger partial charge in [-0.15, -0.1) is 0 Å². The average molecular weight is 247 g/mol. The van der Waals surface area contributed by atoms with Crippen molar-refractivity contribution in [3.8, 4) is 0 Å². The van der Waals surface area contributed by atoms with Crippen molar-refractivity contribution in [2.75, 3.05) is 7.05 Å². The van der Waals surface area contributed by atoms with Crippen molar-refractivity contribution in [3.05, 3.63) is 40.6 Å². The highest BCUT2D eigenvalue weighted by Gasteiger charge is 2.11. The van der Waals surface area contributed by atoms with E-state index in [-0.39, 0.29) is 0 Å². The number of hydrogen-bond acceptors (Lipinski definition) is 3. The molecule has 0 aliphatic carbocycles. The Bertz CT molecular complexity index is 525. The Labute approximate surface area is 108 Å². The SMILES string of the molecule is CCc1c(C)nn(Cc2cc(CNC)co2)c1C. The minimum atomic E-state index is 0.705. The third-order valence-corrected chi connectivity index (χ3v) is 3.28. The van der Waals surface area contributed by atoms with Gasteiger partial charge in [0.15, 0.2) is 0 Å². The van der Waals surface area contributed by atoms with Gasteiger partial charge in [-0.2, -0.15) is 5.10 Å². The molecule has 2 aromatic rings. The van der Waals surface area contributed by atoms with Crippen LogP contribution in [0.2, 0.25) is 0 Å². The number of hydrogen-bond donors (Lipinski definition) is 1. The first-order valence-corrected chi connectivity index (χ1v) is 6.39. The number of aromatic nitrogens is 2. The van der Waals surface area contributed by atoms with Gasteiger partial charge in [-0.05, 0) is 38.9 Å². The van der Waals surface area contributed by atoms with Crippen molar-refractivity contribution >= 4 is 0 Å². The van der Waals surface area contributed by atoms with E-state index in [1.165, 1.54) is 16.8 Å². The summed E-state index contributed by atoms with van der Waals surface area (Å²) in [5.74, 6) is 0.952. The summed E-state index contributed by atoms with van der Waals surface area (Å²) in [5.41, 5.74) is 4.88. The van der Waals surface area contributed by atoms with Crippen LogP contribution in [-0.2, 0) is 19.5 Å². The van der Waals surface area contributed by atoms with E-state index >= 15 is 0 Å². The molecule has 0 fully saturated rings. The Kier molecular flexibility index (Phi) is 3.87. The van der Waals surface area contributed by atoms with E-state index in [1.54, 1.807) is 6.26 Å². The number of furan rings is 1. The molecule has 0 spiro atoms. The molecule has 0 atom stereocenters. The second-order valence-corrected chi connectivity index (χ2v) is 4.61. The summed E-state index contributed by atoms with van der Waals surface area (Å²) in [4.78, 5) is 0. The maximum absolute atomic E-state index is 5.56. The van der Waals surface area contributed by atoms with Gasteiger partial charge in [0.2, 0.25) is 0 Å². The molecule has 0 aliphatic heterocycles. The van der Waals surface area contributed by atoms with Gasteiger partial charge in [-0.1, -0.05) is 6.92 Å². The van der Waals surface area contributed by atoms with E-state index in [0.29, 0.717) is 6.54 Å². The van der Waals surface area contributed by atoms with Gasteiger partial charge in [0.1, 0.15) is 5.76 Å². The van der Waals surface area contributed by atoms with E-state index in [4.69, 9.17) is 4.42 Å². The van der Waals surface area contributed by atoms with Crippen molar-refractivity contribution in [3.63, 3.8) is 0 Å². The Balaban J connectivity index is 2.17. The predicted octanol–water partition coefficient (Wildman–Crippen LogP) is 2.42. The van der Waals surface area contributed by atoms with E-state index in [0.717, 1.165) is 24.4 Å². The third kappa shape index (κ3) is 2.48. The first-order chi connectivity index (χ1) is 8.65. The van der Waals surface area contributed by atoms with Crippen LogP contribution in [0.3, 0.4) is 0 Å². The van der Waals surface area contributed by atoms with E-state index in [2.05, 4.69) is 37.3 Å².